The molecule has 1 amide bonds. The molecule has 0 fully saturated rings. The summed E-state index contributed by atoms with van der Waals surface area (Å²) in [5.74, 6) is -0.341. The Kier molecular flexibility index (Phi) is 3.87. The fourth-order valence-electron chi connectivity index (χ4n) is 1.14. The minimum atomic E-state index is -0.808. The van der Waals surface area contributed by atoms with E-state index in [2.05, 4.69) is 21.2 Å². The molecular weight excluding hydrogens is 256 g/mol. The molecule has 3 nitrogen and oxygen atoms in total. The third-order valence-electron chi connectivity index (χ3n) is 2.21. The van der Waals surface area contributed by atoms with Gasteiger partial charge in [0.15, 0.2) is 4.83 Å². The summed E-state index contributed by atoms with van der Waals surface area (Å²) in [5.41, 5.74) is 2.87. The van der Waals surface area contributed by atoms with Gasteiger partial charge in [-0.1, -0.05) is 28.1 Å². The largest absolute Gasteiger partial charge is 0.324 e. The van der Waals surface area contributed by atoms with Crippen LogP contribution in [0.25, 0.3) is 0 Å². The van der Waals surface area contributed by atoms with Crippen molar-refractivity contribution in [3.05, 3.63) is 29.3 Å². The number of hydrogen-bond donors (Lipinski definition) is 1. The summed E-state index contributed by atoms with van der Waals surface area (Å²) in [7, 11) is 0. The summed E-state index contributed by atoms with van der Waals surface area (Å²) in [4.78, 5) is 10.6. The number of carbonyl (C=O) groups excluding carboxylic acids is 1. The molecule has 0 aromatic heterocycles. The van der Waals surface area contributed by atoms with Crippen LogP contribution in [0.3, 0.4) is 0 Å². The van der Waals surface area contributed by atoms with Gasteiger partial charge in [-0.05, 0) is 31.0 Å². The van der Waals surface area contributed by atoms with Gasteiger partial charge in [0, 0.05) is 5.69 Å². The minimum absolute atomic E-state index is 0.341. The fraction of sp³-hybridized carbons (Fsp3) is 0.273. The van der Waals surface area contributed by atoms with Crippen LogP contribution < -0.4 is 5.32 Å². The Morgan fingerprint density at radius 2 is 2.20 bits per heavy atom. The number of alkyl halides is 1. The molecule has 0 saturated carbocycles. The number of nitrogens with zero attached hydrogens (tertiary/aromatic N) is 1. The van der Waals surface area contributed by atoms with Crippen LogP contribution in [0.1, 0.15) is 11.1 Å². The predicted molar refractivity (Wildman–Crippen MR) is 62.9 cm³/mol. The zero-order valence-corrected chi connectivity index (χ0v) is 10.1. The first-order chi connectivity index (χ1) is 7.06. The molecule has 0 heterocycles. The maximum Gasteiger partial charge on any atom is 0.252 e. The Morgan fingerprint density at radius 3 is 2.80 bits per heavy atom. The monoisotopic (exact) mass is 266 g/mol. The molecule has 0 aliphatic carbocycles. The second-order valence-electron chi connectivity index (χ2n) is 3.23. The van der Waals surface area contributed by atoms with E-state index in [1.54, 1.807) is 0 Å². The summed E-state index contributed by atoms with van der Waals surface area (Å²) < 4.78 is 0. The van der Waals surface area contributed by atoms with Crippen molar-refractivity contribution in [2.24, 2.45) is 0 Å². The van der Waals surface area contributed by atoms with Gasteiger partial charge in [-0.25, -0.2) is 0 Å². The number of nitrogens with one attached hydrogen (secondary N) is 1. The van der Waals surface area contributed by atoms with Gasteiger partial charge in [-0.3, -0.25) is 4.79 Å². The maximum atomic E-state index is 11.4. The van der Waals surface area contributed by atoms with E-state index in [1.165, 1.54) is 0 Å². The zero-order valence-electron chi connectivity index (χ0n) is 8.54. The van der Waals surface area contributed by atoms with Crippen LogP contribution >= 0.6 is 15.9 Å². The fourth-order valence-corrected chi connectivity index (χ4v) is 1.26. The van der Waals surface area contributed by atoms with E-state index in [4.69, 9.17) is 5.26 Å². The first kappa shape index (κ1) is 11.7. The lowest BCUT2D eigenvalue weighted by Gasteiger charge is -2.10. The molecule has 0 bridgehead atoms. The molecule has 1 unspecified atom stereocenters. The minimum Gasteiger partial charge on any atom is -0.324 e. The lowest BCUT2D eigenvalue weighted by atomic mass is 10.1. The van der Waals surface area contributed by atoms with Gasteiger partial charge in [0.25, 0.3) is 5.91 Å². The van der Waals surface area contributed by atoms with Crippen LogP contribution in [0.15, 0.2) is 18.2 Å². The van der Waals surface area contributed by atoms with E-state index in [1.807, 2.05) is 38.1 Å². The van der Waals surface area contributed by atoms with Crippen LogP contribution in [0.4, 0.5) is 5.69 Å². The van der Waals surface area contributed by atoms with Crippen molar-refractivity contribution in [2.45, 2.75) is 18.7 Å². The van der Waals surface area contributed by atoms with E-state index >= 15 is 0 Å². The highest BCUT2D eigenvalue weighted by molar-refractivity contribution is 9.10. The number of carbonyl (C=O) groups is 1. The molecule has 0 aliphatic heterocycles. The average Bonchev–Trinajstić information content (AvgIpc) is 2.23. The van der Waals surface area contributed by atoms with Gasteiger partial charge in [0.2, 0.25) is 0 Å². The number of aryl methyl sites for hydroxylation is 1. The molecule has 1 atom stereocenters. The number of nitriles is 1. The molecule has 4 heteroatoms. The number of halogens is 1. The van der Waals surface area contributed by atoms with E-state index in [0.717, 1.165) is 16.8 Å². The van der Waals surface area contributed by atoms with Crippen molar-refractivity contribution in [3.8, 4) is 6.07 Å². The van der Waals surface area contributed by atoms with Crippen molar-refractivity contribution in [1.29, 1.82) is 5.26 Å². The number of benzene rings is 1. The molecule has 1 rings (SSSR count). The smallest absolute Gasteiger partial charge is 0.252 e. The molecule has 1 aromatic carbocycles. The summed E-state index contributed by atoms with van der Waals surface area (Å²) in [5, 5.41) is 11.2. The molecule has 15 heavy (non-hydrogen) atoms. The average molecular weight is 267 g/mol. The van der Waals surface area contributed by atoms with Crippen LogP contribution in [0.2, 0.25) is 0 Å². The Morgan fingerprint density at radius 1 is 1.53 bits per heavy atom. The van der Waals surface area contributed by atoms with Gasteiger partial charge in [0.1, 0.15) is 0 Å². The van der Waals surface area contributed by atoms with E-state index < -0.39 is 4.83 Å². The van der Waals surface area contributed by atoms with Crippen molar-refractivity contribution >= 4 is 27.5 Å². The Bertz CT molecular complexity index is 423. The number of anilines is 1. The first-order valence-corrected chi connectivity index (χ1v) is 5.38. The second-order valence-corrected chi connectivity index (χ2v) is 4.14. The Labute approximate surface area is 97.2 Å². The van der Waals surface area contributed by atoms with E-state index in [9.17, 15) is 4.79 Å². The first-order valence-electron chi connectivity index (χ1n) is 4.47. The number of rotatable bonds is 2. The molecule has 0 saturated heterocycles. The second kappa shape index (κ2) is 4.94. The SMILES string of the molecule is Cc1cccc(NC(=O)C(Br)C#N)c1C. The maximum absolute atomic E-state index is 11.4. The Hall–Kier alpha value is -1.34. The lowest BCUT2D eigenvalue weighted by molar-refractivity contribution is -0.114. The molecule has 0 spiro atoms. The summed E-state index contributed by atoms with van der Waals surface area (Å²) in [6, 6.07) is 7.48. The van der Waals surface area contributed by atoms with Crippen molar-refractivity contribution < 1.29 is 4.79 Å². The van der Waals surface area contributed by atoms with E-state index in [-0.39, 0.29) is 5.91 Å². The third-order valence-corrected chi connectivity index (χ3v) is 2.83. The predicted octanol–water partition coefficient (Wildman–Crippen LogP) is 2.53. The topological polar surface area (TPSA) is 52.9 Å². The van der Waals surface area contributed by atoms with Crippen LogP contribution in [-0.2, 0) is 4.79 Å². The van der Waals surface area contributed by atoms with E-state index in [0.29, 0.717) is 0 Å². The summed E-state index contributed by atoms with van der Waals surface area (Å²) in [6.45, 7) is 3.90. The van der Waals surface area contributed by atoms with Gasteiger partial charge >= 0.3 is 0 Å². The molecule has 0 radical (unpaired) electrons. The van der Waals surface area contributed by atoms with Gasteiger partial charge in [0.05, 0.1) is 6.07 Å². The normalized spacial score (nSPS) is 11.6. The number of amides is 1. The molecule has 1 N–H and O–H groups in total. The van der Waals surface area contributed by atoms with Crippen molar-refractivity contribution in [2.75, 3.05) is 5.32 Å². The van der Waals surface area contributed by atoms with Crippen LogP contribution in [0, 0.1) is 25.2 Å². The van der Waals surface area contributed by atoms with Gasteiger partial charge < -0.3 is 5.32 Å². The van der Waals surface area contributed by atoms with Crippen molar-refractivity contribution in [3.63, 3.8) is 0 Å². The third kappa shape index (κ3) is 2.80. The van der Waals surface area contributed by atoms with Crippen LogP contribution in [0.5, 0.6) is 0 Å². The molecule has 78 valence electrons. The number of hydrogen-bond acceptors (Lipinski definition) is 2. The van der Waals surface area contributed by atoms with Gasteiger partial charge in [-0.2, -0.15) is 5.26 Å². The van der Waals surface area contributed by atoms with Gasteiger partial charge in [-0.15, -0.1) is 0 Å². The zero-order chi connectivity index (χ0) is 11.4. The lowest BCUT2D eigenvalue weighted by Crippen LogP contribution is -2.21. The summed E-state index contributed by atoms with van der Waals surface area (Å²) in [6.07, 6.45) is 0. The molecule has 1 aromatic rings. The molecular formula is C11H11BrN2O. The Balaban J connectivity index is 2.87. The molecule has 0 aliphatic rings. The summed E-state index contributed by atoms with van der Waals surface area (Å²) >= 11 is 2.97. The van der Waals surface area contributed by atoms with Crippen molar-refractivity contribution in [1.82, 2.24) is 0 Å². The highest BCUT2D eigenvalue weighted by Gasteiger charge is 2.14. The highest BCUT2D eigenvalue weighted by Crippen LogP contribution is 2.18. The highest BCUT2D eigenvalue weighted by atomic mass is 79.9. The standard InChI is InChI=1S/C11H11BrN2O/c1-7-4-3-5-10(8(7)2)14-11(15)9(12)6-13/h3-5,9H,1-2H3,(H,14,15). The van der Waals surface area contributed by atoms with Crippen LogP contribution in [-0.4, -0.2) is 10.7 Å². The quantitative estimate of drug-likeness (QED) is 0.837.